The van der Waals surface area contributed by atoms with Gasteiger partial charge < -0.3 is 4.74 Å². The van der Waals surface area contributed by atoms with Crippen molar-refractivity contribution in [2.24, 2.45) is 5.10 Å². The molecule has 2 aromatic carbocycles. The summed E-state index contributed by atoms with van der Waals surface area (Å²) in [6, 6.07) is 19.7. The van der Waals surface area contributed by atoms with Crippen LogP contribution in [0.1, 0.15) is 5.69 Å². The van der Waals surface area contributed by atoms with Crippen LogP contribution in [0.3, 0.4) is 0 Å². The molecule has 9 heteroatoms. The zero-order valence-electron chi connectivity index (χ0n) is 16.2. The Morgan fingerprint density at radius 3 is 2.47 bits per heavy atom. The fourth-order valence-electron chi connectivity index (χ4n) is 2.64. The van der Waals surface area contributed by atoms with Gasteiger partial charge in [-0.25, -0.2) is 13.8 Å². The van der Waals surface area contributed by atoms with Crippen LogP contribution in [0.15, 0.2) is 89.0 Å². The van der Waals surface area contributed by atoms with Gasteiger partial charge in [0.15, 0.2) is 0 Å². The molecule has 1 heterocycles. The number of hydrazone groups is 1. The SMILES string of the molecule is COc1ccccc1N(CC(=O)N/N=C\c1ccccn1)S(=O)(=O)c1ccccc1. The Balaban J connectivity index is 1.88. The van der Waals surface area contributed by atoms with Crippen LogP contribution in [-0.4, -0.2) is 39.2 Å². The second-order valence-electron chi connectivity index (χ2n) is 6.04. The molecule has 8 nitrogen and oxygen atoms in total. The number of benzene rings is 2. The van der Waals surface area contributed by atoms with Gasteiger partial charge in [-0.05, 0) is 36.4 Å². The van der Waals surface area contributed by atoms with Gasteiger partial charge in [0.05, 0.1) is 29.6 Å². The lowest BCUT2D eigenvalue weighted by Gasteiger charge is -2.25. The van der Waals surface area contributed by atoms with E-state index in [2.05, 4.69) is 15.5 Å². The van der Waals surface area contributed by atoms with E-state index in [1.54, 1.807) is 66.9 Å². The van der Waals surface area contributed by atoms with Crippen molar-refractivity contribution in [3.8, 4) is 5.75 Å². The Kier molecular flexibility index (Phi) is 6.76. The quantitative estimate of drug-likeness (QED) is 0.442. The van der Waals surface area contributed by atoms with E-state index in [0.29, 0.717) is 11.4 Å². The first-order valence-electron chi connectivity index (χ1n) is 8.96. The van der Waals surface area contributed by atoms with E-state index in [1.807, 2.05) is 0 Å². The zero-order valence-corrected chi connectivity index (χ0v) is 17.0. The highest BCUT2D eigenvalue weighted by molar-refractivity contribution is 7.92. The number of hydrogen-bond acceptors (Lipinski definition) is 6. The third-order valence-electron chi connectivity index (χ3n) is 4.05. The van der Waals surface area contributed by atoms with Gasteiger partial charge >= 0.3 is 0 Å². The van der Waals surface area contributed by atoms with Crippen LogP contribution in [0.4, 0.5) is 5.69 Å². The van der Waals surface area contributed by atoms with E-state index in [0.717, 1.165) is 4.31 Å². The number of rotatable bonds is 8. The summed E-state index contributed by atoms with van der Waals surface area (Å²) >= 11 is 0. The first-order chi connectivity index (χ1) is 14.5. The Labute approximate surface area is 174 Å². The average molecular weight is 424 g/mol. The van der Waals surface area contributed by atoms with Gasteiger partial charge in [-0.3, -0.25) is 14.1 Å². The first-order valence-corrected chi connectivity index (χ1v) is 10.4. The standard InChI is InChI=1S/C21H20N4O4S/c1-29-20-13-6-5-12-19(20)25(30(27,28)18-10-3-2-4-11-18)16-21(26)24-23-15-17-9-7-8-14-22-17/h2-15H,16H2,1H3,(H,24,26)/b23-15-. The minimum atomic E-state index is -4.03. The number of pyridine rings is 1. The molecule has 0 spiro atoms. The van der Waals surface area contributed by atoms with Crippen molar-refractivity contribution in [3.63, 3.8) is 0 Å². The Morgan fingerprint density at radius 2 is 1.77 bits per heavy atom. The lowest BCUT2D eigenvalue weighted by Crippen LogP contribution is -2.39. The van der Waals surface area contributed by atoms with Crippen molar-refractivity contribution in [2.75, 3.05) is 18.0 Å². The molecule has 1 aromatic heterocycles. The first kappa shape index (κ1) is 21.0. The molecule has 0 aliphatic carbocycles. The number of hydrogen-bond donors (Lipinski definition) is 1. The van der Waals surface area contributed by atoms with E-state index < -0.39 is 22.5 Å². The number of anilines is 1. The maximum absolute atomic E-state index is 13.3. The summed E-state index contributed by atoms with van der Waals surface area (Å²) in [6.45, 7) is -0.489. The maximum atomic E-state index is 13.3. The van der Waals surface area contributed by atoms with Crippen LogP contribution in [0.25, 0.3) is 0 Å². The monoisotopic (exact) mass is 424 g/mol. The molecule has 0 bridgehead atoms. The maximum Gasteiger partial charge on any atom is 0.264 e. The molecule has 1 N–H and O–H groups in total. The van der Waals surface area contributed by atoms with Crippen LogP contribution >= 0.6 is 0 Å². The summed E-state index contributed by atoms with van der Waals surface area (Å²) in [5.74, 6) is -0.297. The summed E-state index contributed by atoms with van der Waals surface area (Å²) in [6.07, 6.45) is 2.97. The summed E-state index contributed by atoms with van der Waals surface area (Å²) in [4.78, 5) is 16.6. The van der Waals surface area contributed by atoms with E-state index in [4.69, 9.17) is 4.74 Å². The van der Waals surface area contributed by atoms with Gasteiger partial charge in [0.25, 0.3) is 15.9 Å². The van der Waals surface area contributed by atoms with Gasteiger partial charge in [-0.2, -0.15) is 5.10 Å². The topological polar surface area (TPSA) is 101 Å². The molecule has 0 aliphatic rings. The number of aromatic nitrogens is 1. The van der Waals surface area contributed by atoms with E-state index in [-0.39, 0.29) is 10.6 Å². The van der Waals surface area contributed by atoms with Crippen molar-refractivity contribution in [1.29, 1.82) is 0 Å². The van der Waals surface area contributed by atoms with Crippen LogP contribution in [0.2, 0.25) is 0 Å². The van der Waals surface area contributed by atoms with E-state index >= 15 is 0 Å². The molecule has 1 amide bonds. The van der Waals surface area contributed by atoms with Crippen LogP contribution in [0, 0.1) is 0 Å². The van der Waals surface area contributed by atoms with Crippen LogP contribution < -0.4 is 14.5 Å². The van der Waals surface area contributed by atoms with Crippen LogP contribution in [0.5, 0.6) is 5.75 Å². The fourth-order valence-corrected chi connectivity index (χ4v) is 4.10. The molecule has 3 rings (SSSR count). The second-order valence-corrected chi connectivity index (χ2v) is 7.91. The Morgan fingerprint density at radius 1 is 1.07 bits per heavy atom. The number of ether oxygens (including phenoxy) is 1. The molecule has 0 unspecified atom stereocenters. The molecule has 0 aliphatic heterocycles. The minimum Gasteiger partial charge on any atom is -0.495 e. The van der Waals surface area contributed by atoms with Crippen LogP contribution in [-0.2, 0) is 14.8 Å². The van der Waals surface area contributed by atoms with Crippen molar-refractivity contribution >= 4 is 27.8 Å². The number of carbonyl (C=O) groups excluding carboxylic acids is 1. The van der Waals surface area contributed by atoms with E-state index in [1.165, 1.54) is 25.5 Å². The molecule has 0 fully saturated rings. The number of amides is 1. The van der Waals surface area contributed by atoms with Crippen molar-refractivity contribution in [3.05, 3.63) is 84.7 Å². The minimum absolute atomic E-state index is 0.0562. The van der Waals surface area contributed by atoms with Crippen molar-refractivity contribution in [2.45, 2.75) is 4.90 Å². The highest BCUT2D eigenvalue weighted by Gasteiger charge is 2.29. The Bertz CT molecular complexity index is 1120. The van der Waals surface area contributed by atoms with Gasteiger partial charge in [0.2, 0.25) is 0 Å². The van der Waals surface area contributed by atoms with Gasteiger partial charge in [0, 0.05) is 6.20 Å². The number of nitrogens with one attached hydrogen (secondary N) is 1. The molecule has 30 heavy (non-hydrogen) atoms. The largest absolute Gasteiger partial charge is 0.495 e. The molecule has 154 valence electrons. The number of carbonyl (C=O) groups is 1. The predicted octanol–water partition coefficient (Wildman–Crippen LogP) is 2.44. The summed E-state index contributed by atoms with van der Waals surface area (Å²) in [5, 5.41) is 3.85. The number of methoxy groups -OCH3 is 1. The normalized spacial score (nSPS) is 11.2. The number of sulfonamides is 1. The summed E-state index contributed by atoms with van der Waals surface area (Å²) in [5.41, 5.74) is 3.13. The third-order valence-corrected chi connectivity index (χ3v) is 5.82. The Hall–Kier alpha value is -3.72. The van der Waals surface area contributed by atoms with Crippen molar-refractivity contribution < 1.29 is 17.9 Å². The van der Waals surface area contributed by atoms with Gasteiger partial charge in [-0.1, -0.05) is 36.4 Å². The predicted molar refractivity (Wildman–Crippen MR) is 114 cm³/mol. The lowest BCUT2D eigenvalue weighted by molar-refractivity contribution is -0.119. The molecule has 3 aromatic rings. The van der Waals surface area contributed by atoms with Crippen molar-refractivity contribution in [1.82, 2.24) is 10.4 Å². The van der Waals surface area contributed by atoms with Gasteiger partial charge in [0.1, 0.15) is 12.3 Å². The third kappa shape index (κ3) is 5.00. The molecular formula is C21H20N4O4S. The summed E-state index contributed by atoms with van der Waals surface area (Å²) < 4.78 is 32.8. The number of nitrogens with zero attached hydrogens (tertiary/aromatic N) is 3. The molecular weight excluding hydrogens is 404 g/mol. The average Bonchev–Trinajstić information content (AvgIpc) is 2.78. The highest BCUT2D eigenvalue weighted by atomic mass is 32.2. The number of para-hydroxylation sites is 2. The van der Waals surface area contributed by atoms with Gasteiger partial charge in [-0.15, -0.1) is 0 Å². The van der Waals surface area contributed by atoms with E-state index in [9.17, 15) is 13.2 Å². The molecule has 0 saturated heterocycles. The highest BCUT2D eigenvalue weighted by Crippen LogP contribution is 2.31. The molecule has 0 saturated carbocycles. The fraction of sp³-hybridized carbons (Fsp3) is 0.0952. The second kappa shape index (κ2) is 9.66. The zero-order chi connectivity index (χ0) is 21.4. The summed E-state index contributed by atoms with van der Waals surface area (Å²) in [7, 11) is -2.60. The molecule has 0 radical (unpaired) electrons. The lowest BCUT2D eigenvalue weighted by atomic mass is 10.3. The smallest absolute Gasteiger partial charge is 0.264 e. The molecule has 0 atom stereocenters.